The van der Waals surface area contributed by atoms with Crippen molar-refractivity contribution >= 4 is 11.8 Å². The largest absolute Gasteiger partial charge is 0.354 e. The fourth-order valence-electron chi connectivity index (χ4n) is 4.45. The topological polar surface area (TPSA) is 115 Å². The third-order valence-corrected chi connectivity index (χ3v) is 6.25. The van der Waals surface area contributed by atoms with Crippen LogP contribution in [0.15, 0.2) is 30.3 Å². The van der Waals surface area contributed by atoms with Crippen molar-refractivity contribution in [1.82, 2.24) is 35.8 Å². The van der Waals surface area contributed by atoms with Gasteiger partial charge in [-0.05, 0) is 80.0 Å². The molecule has 1 aromatic carbocycles. The Labute approximate surface area is 203 Å². The molecule has 9 nitrogen and oxygen atoms in total. The van der Waals surface area contributed by atoms with Crippen molar-refractivity contribution in [3.8, 4) is 11.4 Å². The second kappa shape index (κ2) is 10.7. The molecule has 0 unspecified atom stereocenters. The monoisotopic (exact) mass is 479 g/mol. The molecule has 0 spiro atoms. The van der Waals surface area contributed by atoms with E-state index in [0.29, 0.717) is 35.1 Å². The Balaban J connectivity index is 1.38. The lowest BCUT2D eigenvalue weighted by Crippen LogP contribution is -2.36. The normalized spacial score (nSPS) is 17.7. The van der Waals surface area contributed by atoms with Crippen LogP contribution in [0.1, 0.15) is 59.9 Å². The zero-order chi connectivity index (χ0) is 24.9. The van der Waals surface area contributed by atoms with Gasteiger partial charge in [0.25, 0.3) is 5.91 Å². The maximum absolute atomic E-state index is 13.5. The Morgan fingerprint density at radius 3 is 2.60 bits per heavy atom. The van der Waals surface area contributed by atoms with Crippen molar-refractivity contribution in [3.63, 3.8) is 0 Å². The van der Waals surface area contributed by atoms with Crippen LogP contribution in [-0.4, -0.2) is 43.0 Å². The number of nitrogens with one attached hydrogen (secondary N) is 2. The Hall–Kier alpha value is -3.69. The first-order valence-electron chi connectivity index (χ1n) is 11.8. The van der Waals surface area contributed by atoms with Crippen molar-refractivity contribution in [2.75, 3.05) is 0 Å². The summed E-state index contributed by atoms with van der Waals surface area (Å²) in [5.41, 5.74) is 2.92. The first kappa shape index (κ1) is 24.4. The molecule has 1 fully saturated rings. The number of rotatable bonds is 7. The van der Waals surface area contributed by atoms with Crippen molar-refractivity contribution in [2.24, 2.45) is 5.92 Å². The van der Waals surface area contributed by atoms with Crippen LogP contribution in [-0.2, 0) is 17.9 Å². The van der Waals surface area contributed by atoms with Gasteiger partial charge in [0.15, 0.2) is 0 Å². The predicted octanol–water partition coefficient (Wildman–Crippen LogP) is 3.12. The molecule has 35 heavy (non-hydrogen) atoms. The summed E-state index contributed by atoms with van der Waals surface area (Å²) in [4.78, 5) is 29.9. The van der Waals surface area contributed by atoms with Gasteiger partial charge in [-0.3, -0.25) is 9.59 Å². The summed E-state index contributed by atoms with van der Waals surface area (Å²) in [6.45, 7) is 5.97. The van der Waals surface area contributed by atoms with Gasteiger partial charge < -0.3 is 10.6 Å². The quantitative estimate of drug-likeness (QED) is 0.538. The summed E-state index contributed by atoms with van der Waals surface area (Å²) in [5, 5.41) is 18.7. The highest BCUT2D eigenvalue weighted by Gasteiger charge is 2.23. The Bertz CT molecular complexity index is 1220. The third-order valence-electron chi connectivity index (χ3n) is 6.25. The summed E-state index contributed by atoms with van der Waals surface area (Å²) in [6, 6.07) is 8.47. The van der Waals surface area contributed by atoms with Crippen molar-refractivity contribution < 1.29 is 14.0 Å². The number of hydrogen-bond donors (Lipinski definition) is 2. The van der Waals surface area contributed by atoms with Gasteiger partial charge in [-0.15, -0.1) is 10.2 Å². The van der Waals surface area contributed by atoms with Crippen molar-refractivity contribution in [1.29, 1.82) is 0 Å². The van der Waals surface area contributed by atoms with Gasteiger partial charge in [0.05, 0.1) is 6.54 Å². The molecule has 3 aromatic rings. The van der Waals surface area contributed by atoms with Gasteiger partial charge in [-0.2, -0.15) is 4.80 Å². The van der Waals surface area contributed by atoms with E-state index in [9.17, 15) is 14.0 Å². The number of tetrazole rings is 1. The second-order valence-electron chi connectivity index (χ2n) is 9.23. The van der Waals surface area contributed by atoms with E-state index < -0.39 is 0 Å². The molecule has 4 rings (SSSR count). The van der Waals surface area contributed by atoms with E-state index >= 15 is 0 Å². The average Bonchev–Trinajstić information content (AvgIpc) is 3.29. The Kier molecular flexibility index (Phi) is 7.48. The van der Waals surface area contributed by atoms with Gasteiger partial charge in [0.2, 0.25) is 11.7 Å². The Morgan fingerprint density at radius 1 is 1.11 bits per heavy atom. The number of carbonyl (C=O) groups excluding carboxylic acids is 2. The summed E-state index contributed by atoms with van der Waals surface area (Å²) in [7, 11) is 0. The van der Waals surface area contributed by atoms with E-state index in [1.54, 1.807) is 36.8 Å². The molecule has 1 saturated carbocycles. The molecule has 1 aliphatic rings. The van der Waals surface area contributed by atoms with Gasteiger partial charge in [-0.1, -0.05) is 12.1 Å². The zero-order valence-electron chi connectivity index (χ0n) is 20.2. The lowest BCUT2D eigenvalue weighted by atomic mass is 9.86. The molecule has 1 aliphatic carbocycles. The van der Waals surface area contributed by atoms with Gasteiger partial charge in [0.1, 0.15) is 11.5 Å². The molecule has 2 aromatic heterocycles. The number of nitrogens with zero attached hydrogens (tertiary/aromatic N) is 5. The van der Waals surface area contributed by atoms with E-state index in [-0.39, 0.29) is 35.9 Å². The van der Waals surface area contributed by atoms with Crippen LogP contribution in [0.3, 0.4) is 0 Å². The molecular formula is C25H30FN7O2. The highest BCUT2D eigenvalue weighted by atomic mass is 19.1. The van der Waals surface area contributed by atoms with Crippen LogP contribution in [0.2, 0.25) is 0 Å². The minimum Gasteiger partial charge on any atom is -0.354 e. The number of halogens is 1. The number of aryl methyl sites for hydroxylation is 2. The molecule has 0 radical (unpaired) electrons. The second-order valence-corrected chi connectivity index (χ2v) is 9.23. The number of carbonyl (C=O) groups is 2. The van der Waals surface area contributed by atoms with Gasteiger partial charge in [-0.25, -0.2) is 9.37 Å². The molecule has 2 heterocycles. The maximum Gasteiger partial charge on any atom is 0.270 e. The SMILES string of the molecule is CC(=O)N[C@H]1CC[C@H](Cn2nnc(-c3cc(C)nc(C(=O)NCc4ccc(F)c(C)c4)c3)n2)CC1. The predicted molar refractivity (Wildman–Crippen MR) is 128 cm³/mol. The van der Waals surface area contributed by atoms with Gasteiger partial charge in [0, 0.05) is 30.8 Å². The molecule has 2 N–H and O–H groups in total. The summed E-state index contributed by atoms with van der Waals surface area (Å²) >= 11 is 0. The third kappa shape index (κ3) is 6.46. The highest BCUT2D eigenvalue weighted by Crippen LogP contribution is 2.25. The molecule has 2 amide bonds. The van der Waals surface area contributed by atoms with E-state index in [0.717, 1.165) is 31.2 Å². The first-order valence-corrected chi connectivity index (χ1v) is 11.8. The van der Waals surface area contributed by atoms with Gasteiger partial charge >= 0.3 is 0 Å². The number of hydrogen-bond acceptors (Lipinski definition) is 6. The molecule has 0 saturated heterocycles. The summed E-state index contributed by atoms with van der Waals surface area (Å²) in [6.07, 6.45) is 3.89. The smallest absolute Gasteiger partial charge is 0.270 e. The fraction of sp³-hybridized carbons (Fsp3) is 0.440. The number of benzene rings is 1. The molecule has 0 bridgehead atoms. The zero-order valence-corrected chi connectivity index (χ0v) is 20.2. The number of pyridine rings is 1. The van der Waals surface area contributed by atoms with Crippen LogP contribution in [0, 0.1) is 25.6 Å². The summed E-state index contributed by atoms with van der Waals surface area (Å²) in [5.74, 6) is 0.272. The maximum atomic E-state index is 13.5. The highest BCUT2D eigenvalue weighted by molar-refractivity contribution is 5.93. The number of aromatic nitrogens is 5. The fourth-order valence-corrected chi connectivity index (χ4v) is 4.45. The standard InChI is InChI=1S/C25H30FN7O2/c1-15-10-19(6-9-22(15)26)13-27-25(35)23-12-20(11-16(2)28-23)24-30-32-33(31-24)14-18-4-7-21(8-5-18)29-17(3)34/h6,9-12,18,21H,4-5,7-8,13-14H2,1-3H3,(H,27,35)(H,29,34)/t18-,21-. The van der Waals surface area contributed by atoms with Crippen molar-refractivity contribution in [2.45, 2.75) is 65.6 Å². The van der Waals surface area contributed by atoms with E-state index in [2.05, 4.69) is 31.0 Å². The minimum absolute atomic E-state index is 0.0160. The van der Waals surface area contributed by atoms with Crippen molar-refractivity contribution in [3.05, 3.63) is 58.7 Å². The van der Waals surface area contributed by atoms with Crippen LogP contribution in [0.4, 0.5) is 4.39 Å². The van der Waals surface area contributed by atoms with E-state index in [1.807, 2.05) is 13.0 Å². The molecule has 0 aliphatic heterocycles. The lowest BCUT2D eigenvalue weighted by Gasteiger charge is -2.28. The molecular weight excluding hydrogens is 449 g/mol. The van der Waals surface area contributed by atoms with Crippen LogP contribution in [0.25, 0.3) is 11.4 Å². The lowest BCUT2D eigenvalue weighted by molar-refractivity contribution is -0.119. The Morgan fingerprint density at radius 2 is 1.89 bits per heavy atom. The first-order chi connectivity index (χ1) is 16.8. The van der Waals surface area contributed by atoms with E-state index in [4.69, 9.17) is 0 Å². The van der Waals surface area contributed by atoms with Crippen LogP contribution < -0.4 is 10.6 Å². The molecule has 0 atom stereocenters. The van der Waals surface area contributed by atoms with Crippen LogP contribution in [0.5, 0.6) is 0 Å². The van der Waals surface area contributed by atoms with E-state index in [1.165, 1.54) is 6.07 Å². The molecule has 184 valence electrons. The van der Waals surface area contributed by atoms with Crippen LogP contribution >= 0.6 is 0 Å². The molecule has 10 heteroatoms. The average molecular weight is 480 g/mol. The minimum atomic E-state index is -0.333. The summed E-state index contributed by atoms with van der Waals surface area (Å²) < 4.78 is 13.5. The number of amides is 2.